The van der Waals surface area contributed by atoms with Crippen molar-refractivity contribution < 1.29 is 9.90 Å². The molecule has 4 nitrogen and oxygen atoms in total. The number of aliphatic hydroxyl groups excluding tert-OH is 1. The predicted molar refractivity (Wildman–Crippen MR) is 87.6 cm³/mol. The number of rotatable bonds is 6. The van der Waals surface area contributed by atoms with Crippen LogP contribution in [0.25, 0.3) is 0 Å². The average Bonchev–Trinajstić information content (AvgIpc) is 3.00. The molecule has 1 amide bonds. The number of carbonyl (C=O) groups excluding carboxylic acids is 1. The van der Waals surface area contributed by atoms with Crippen LogP contribution in [0.4, 0.5) is 0 Å². The molecule has 2 fully saturated rings. The van der Waals surface area contributed by atoms with Crippen molar-refractivity contribution in [1.82, 2.24) is 10.6 Å². The molecule has 1 saturated carbocycles. The first-order valence-corrected chi connectivity index (χ1v) is 8.32. The number of hydrogen-bond acceptors (Lipinski definition) is 3. The van der Waals surface area contributed by atoms with E-state index in [0.29, 0.717) is 30.7 Å². The second kappa shape index (κ2) is 9.65. The van der Waals surface area contributed by atoms with Crippen LogP contribution in [0.2, 0.25) is 0 Å². The van der Waals surface area contributed by atoms with Crippen LogP contribution in [0, 0.1) is 17.8 Å². The summed E-state index contributed by atoms with van der Waals surface area (Å²) in [5.41, 5.74) is 0. The van der Waals surface area contributed by atoms with E-state index in [9.17, 15) is 9.90 Å². The van der Waals surface area contributed by atoms with Crippen molar-refractivity contribution in [1.29, 1.82) is 0 Å². The molecule has 21 heavy (non-hydrogen) atoms. The first-order valence-electron chi connectivity index (χ1n) is 8.32. The monoisotopic (exact) mass is 318 g/mol. The Morgan fingerprint density at radius 3 is 2.43 bits per heavy atom. The minimum Gasteiger partial charge on any atom is -0.391 e. The normalized spacial score (nSPS) is 23.3. The lowest BCUT2D eigenvalue weighted by molar-refractivity contribution is -0.123. The van der Waals surface area contributed by atoms with Crippen LogP contribution in [-0.4, -0.2) is 36.8 Å². The van der Waals surface area contributed by atoms with Crippen LogP contribution in [0.1, 0.15) is 51.9 Å². The Bertz CT molecular complexity index is 303. The Labute approximate surface area is 134 Å². The molecule has 1 aliphatic heterocycles. The van der Waals surface area contributed by atoms with E-state index in [-0.39, 0.29) is 24.4 Å². The lowest BCUT2D eigenvalue weighted by Crippen LogP contribution is -2.37. The molecule has 0 aromatic rings. The van der Waals surface area contributed by atoms with Crippen LogP contribution in [-0.2, 0) is 4.79 Å². The number of halogens is 1. The minimum absolute atomic E-state index is 0. The summed E-state index contributed by atoms with van der Waals surface area (Å²) in [6, 6.07) is 0. The molecule has 0 spiro atoms. The maximum Gasteiger partial charge on any atom is 0.220 e. The van der Waals surface area contributed by atoms with E-state index in [4.69, 9.17) is 0 Å². The fourth-order valence-corrected chi connectivity index (χ4v) is 3.67. The molecule has 0 bridgehead atoms. The fourth-order valence-electron chi connectivity index (χ4n) is 3.67. The molecule has 1 heterocycles. The van der Waals surface area contributed by atoms with Gasteiger partial charge in [-0.05, 0) is 56.5 Å². The zero-order chi connectivity index (χ0) is 14.4. The van der Waals surface area contributed by atoms with E-state index in [1.807, 2.05) is 0 Å². The third-order valence-electron chi connectivity index (χ3n) is 5.15. The van der Waals surface area contributed by atoms with Gasteiger partial charge in [-0.1, -0.05) is 19.8 Å². The fraction of sp³-hybridized carbons (Fsp3) is 0.938. The molecular weight excluding hydrogens is 288 g/mol. The van der Waals surface area contributed by atoms with Gasteiger partial charge in [0.2, 0.25) is 5.91 Å². The highest BCUT2D eigenvalue weighted by Crippen LogP contribution is 2.27. The standard InChI is InChI=1S/C16H30N2O2.ClH/c1-12(13-6-8-17-9-7-13)10-16(20)18-11-15(19)14-4-2-3-5-14;/h12-15,17,19H,2-11H2,1H3,(H,18,20);1H. The van der Waals surface area contributed by atoms with E-state index in [1.165, 1.54) is 25.7 Å². The molecule has 124 valence electrons. The van der Waals surface area contributed by atoms with Crippen molar-refractivity contribution >= 4 is 18.3 Å². The number of amides is 1. The summed E-state index contributed by atoms with van der Waals surface area (Å²) in [6.07, 6.45) is 7.28. The zero-order valence-corrected chi connectivity index (χ0v) is 14.0. The largest absolute Gasteiger partial charge is 0.391 e. The number of hydrogen-bond donors (Lipinski definition) is 3. The second-order valence-corrected chi connectivity index (χ2v) is 6.68. The highest BCUT2D eigenvalue weighted by atomic mass is 35.5. The smallest absolute Gasteiger partial charge is 0.220 e. The highest BCUT2D eigenvalue weighted by molar-refractivity contribution is 5.85. The molecular formula is C16H31ClN2O2. The molecule has 1 saturated heterocycles. The quantitative estimate of drug-likeness (QED) is 0.703. The van der Waals surface area contributed by atoms with Gasteiger partial charge in [-0.25, -0.2) is 0 Å². The Morgan fingerprint density at radius 2 is 1.81 bits per heavy atom. The van der Waals surface area contributed by atoms with E-state index < -0.39 is 0 Å². The predicted octanol–water partition coefficient (Wildman–Crippen LogP) is 2.10. The molecule has 0 aromatic heterocycles. The molecule has 2 rings (SSSR count). The van der Waals surface area contributed by atoms with Crippen molar-refractivity contribution in [2.75, 3.05) is 19.6 Å². The molecule has 1 aliphatic carbocycles. The number of piperidine rings is 1. The van der Waals surface area contributed by atoms with Crippen LogP contribution in [0.3, 0.4) is 0 Å². The Kier molecular flexibility index (Phi) is 8.60. The lowest BCUT2D eigenvalue weighted by Gasteiger charge is -2.28. The van der Waals surface area contributed by atoms with Crippen molar-refractivity contribution in [3.63, 3.8) is 0 Å². The second-order valence-electron chi connectivity index (χ2n) is 6.68. The molecule has 0 aromatic carbocycles. The molecule has 5 heteroatoms. The molecule has 0 radical (unpaired) electrons. The summed E-state index contributed by atoms with van der Waals surface area (Å²) < 4.78 is 0. The van der Waals surface area contributed by atoms with Crippen molar-refractivity contribution in [2.45, 2.75) is 58.0 Å². The van der Waals surface area contributed by atoms with Crippen molar-refractivity contribution in [2.24, 2.45) is 17.8 Å². The summed E-state index contributed by atoms with van der Waals surface area (Å²) in [7, 11) is 0. The molecule has 2 aliphatic rings. The van der Waals surface area contributed by atoms with Gasteiger partial charge in [-0.3, -0.25) is 4.79 Å². The van der Waals surface area contributed by atoms with Crippen LogP contribution < -0.4 is 10.6 Å². The highest BCUT2D eigenvalue weighted by Gasteiger charge is 2.25. The van der Waals surface area contributed by atoms with Gasteiger partial charge in [0, 0.05) is 13.0 Å². The van der Waals surface area contributed by atoms with Crippen molar-refractivity contribution in [3.8, 4) is 0 Å². The number of carbonyl (C=O) groups is 1. The zero-order valence-electron chi connectivity index (χ0n) is 13.1. The third kappa shape index (κ3) is 6.13. The first-order chi connectivity index (χ1) is 9.66. The number of nitrogens with one attached hydrogen (secondary N) is 2. The maximum atomic E-state index is 12.0. The van der Waals surface area contributed by atoms with E-state index in [0.717, 1.165) is 25.9 Å². The lowest BCUT2D eigenvalue weighted by atomic mass is 9.84. The van der Waals surface area contributed by atoms with E-state index in [1.54, 1.807) is 0 Å². The van der Waals surface area contributed by atoms with Crippen LogP contribution >= 0.6 is 12.4 Å². The molecule has 3 N–H and O–H groups in total. The van der Waals surface area contributed by atoms with Gasteiger partial charge in [0.25, 0.3) is 0 Å². The van der Waals surface area contributed by atoms with Crippen LogP contribution in [0.5, 0.6) is 0 Å². The van der Waals surface area contributed by atoms with E-state index >= 15 is 0 Å². The van der Waals surface area contributed by atoms with Gasteiger partial charge in [-0.2, -0.15) is 0 Å². The summed E-state index contributed by atoms with van der Waals surface area (Å²) in [6.45, 7) is 4.78. The average molecular weight is 319 g/mol. The van der Waals surface area contributed by atoms with Gasteiger partial charge in [0.05, 0.1) is 6.10 Å². The SMILES string of the molecule is CC(CC(=O)NCC(O)C1CCCC1)C1CCNCC1.Cl. The topological polar surface area (TPSA) is 61.4 Å². The molecule has 2 unspecified atom stereocenters. The summed E-state index contributed by atoms with van der Waals surface area (Å²) >= 11 is 0. The molecule has 2 atom stereocenters. The van der Waals surface area contributed by atoms with Gasteiger partial charge >= 0.3 is 0 Å². The third-order valence-corrected chi connectivity index (χ3v) is 5.15. The Morgan fingerprint density at radius 1 is 1.19 bits per heavy atom. The Balaban J connectivity index is 0.00000220. The minimum atomic E-state index is -0.351. The summed E-state index contributed by atoms with van der Waals surface area (Å²) in [5.74, 6) is 1.62. The van der Waals surface area contributed by atoms with E-state index in [2.05, 4.69) is 17.6 Å². The van der Waals surface area contributed by atoms with Gasteiger partial charge in [0.1, 0.15) is 0 Å². The van der Waals surface area contributed by atoms with Gasteiger partial charge < -0.3 is 15.7 Å². The van der Waals surface area contributed by atoms with Gasteiger partial charge in [-0.15, -0.1) is 12.4 Å². The van der Waals surface area contributed by atoms with Gasteiger partial charge in [0.15, 0.2) is 0 Å². The number of aliphatic hydroxyl groups is 1. The maximum absolute atomic E-state index is 12.0. The van der Waals surface area contributed by atoms with Crippen molar-refractivity contribution in [3.05, 3.63) is 0 Å². The summed E-state index contributed by atoms with van der Waals surface area (Å²) in [4.78, 5) is 12.0. The summed E-state index contributed by atoms with van der Waals surface area (Å²) in [5, 5.41) is 16.3. The van der Waals surface area contributed by atoms with Crippen LogP contribution in [0.15, 0.2) is 0 Å². The Hall–Kier alpha value is -0.320. The first kappa shape index (κ1) is 18.7.